The number of hydrogen-bond acceptors (Lipinski definition) is 0. The van der Waals surface area contributed by atoms with Crippen molar-refractivity contribution in [3.8, 4) is 0 Å². The number of hydrogen-bond donors (Lipinski definition) is 0. The molecule has 0 radical (unpaired) electrons. The molecule has 1 aliphatic rings. The lowest BCUT2D eigenvalue weighted by molar-refractivity contribution is 0.609. The molecule has 0 aromatic carbocycles. The van der Waals surface area contributed by atoms with Crippen LogP contribution in [0.5, 0.6) is 0 Å². The molecule has 0 bridgehead atoms. The van der Waals surface area contributed by atoms with E-state index >= 15 is 0 Å². The molecular formula is C12H24P+. The highest BCUT2D eigenvalue weighted by Crippen LogP contribution is 2.68. The van der Waals surface area contributed by atoms with Gasteiger partial charge in [-0.25, -0.2) is 0 Å². The van der Waals surface area contributed by atoms with Gasteiger partial charge in [0.1, 0.15) is 0 Å². The fourth-order valence-electron chi connectivity index (χ4n) is 2.69. The van der Waals surface area contributed by atoms with Crippen LogP contribution in [0.15, 0.2) is 12.7 Å². The molecule has 0 amide bonds. The van der Waals surface area contributed by atoms with Crippen molar-refractivity contribution in [2.24, 2.45) is 5.92 Å². The maximum Gasteiger partial charge on any atom is 0.0641 e. The summed E-state index contributed by atoms with van der Waals surface area (Å²) in [4.78, 5) is 0. The van der Waals surface area contributed by atoms with Gasteiger partial charge in [-0.1, -0.05) is 6.08 Å². The summed E-state index contributed by atoms with van der Waals surface area (Å²) < 4.78 is 0. The van der Waals surface area contributed by atoms with Gasteiger partial charge in [-0.05, 0) is 39.5 Å². The fraction of sp³-hybridized carbons (Fsp3) is 0.833. The van der Waals surface area contributed by atoms with Crippen LogP contribution in [0, 0.1) is 5.92 Å². The summed E-state index contributed by atoms with van der Waals surface area (Å²) in [5.41, 5.74) is 0.965. The van der Waals surface area contributed by atoms with E-state index in [9.17, 15) is 0 Å². The van der Waals surface area contributed by atoms with Crippen molar-refractivity contribution in [2.45, 2.75) is 39.3 Å². The Labute approximate surface area is 84.1 Å². The van der Waals surface area contributed by atoms with Crippen LogP contribution >= 0.6 is 7.26 Å². The lowest BCUT2D eigenvalue weighted by Gasteiger charge is -2.25. The average molecular weight is 199 g/mol. The highest BCUT2D eigenvalue weighted by Gasteiger charge is 2.45. The Balaban J connectivity index is 2.57. The highest BCUT2D eigenvalue weighted by molar-refractivity contribution is 7.76. The molecule has 76 valence electrons. The van der Waals surface area contributed by atoms with Gasteiger partial charge in [-0.15, -0.1) is 6.58 Å². The summed E-state index contributed by atoms with van der Waals surface area (Å²) in [5, 5.41) is 0. The van der Waals surface area contributed by atoms with Gasteiger partial charge in [-0.3, -0.25) is 0 Å². The number of rotatable bonds is 4. The molecule has 0 aliphatic carbocycles. The van der Waals surface area contributed by atoms with E-state index in [1.165, 1.54) is 19.0 Å². The molecule has 1 heterocycles. The standard InChI is InChI=1S/C12H24P/c1-5-7-12-8-9-13(6-2,10-12)11(3)4/h5,11-12H,1,6-10H2,2-4H3/q+1. The maximum atomic E-state index is 3.85. The van der Waals surface area contributed by atoms with Crippen molar-refractivity contribution in [2.75, 3.05) is 18.5 Å². The Morgan fingerprint density at radius 2 is 2.23 bits per heavy atom. The molecule has 0 nitrogen and oxygen atoms in total. The molecule has 0 aromatic heterocycles. The van der Waals surface area contributed by atoms with Crippen LogP contribution in [0.4, 0.5) is 0 Å². The van der Waals surface area contributed by atoms with Gasteiger partial charge >= 0.3 is 0 Å². The summed E-state index contributed by atoms with van der Waals surface area (Å²) in [6.45, 7) is 11.1. The lowest BCUT2D eigenvalue weighted by Crippen LogP contribution is -2.11. The van der Waals surface area contributed by atoms with Crippen molar-refractivity contribution in [3.05, 3.63) is 12.7 Å². The largest absolute Gasteiger partial charge is 0.103 e. The quantitative estimate of drug-likeness (QED) is 0.473. The molecule has 1 fully saturated rings. The molecule has 0 N–H and O–H groups in total. The molecule has 0 aromatic rings. The first-order valence-corrected chi connectivity index (χ1v) is 8.02. The van der Waals surface area contributed by atoms with Gasteiger partial charge in [0, 0.05) is 7.26 Å². The Morgan fingerprint density at radius 3 is 2.62 bits per heavy atom. The fourth-order valence-corrected chi connectivity index (χ4v) is 7.35. The molecule has 2 atom stereocenters. The van der Waals surface area contributed by atoms with E-state index < -0.39 is 7.26 Å². The third-order valence-electron chi connectivity index (χ3n) is 3.83. The van der Waals surface area contributed by atoms with Gasteiger partial charge in [0.15, 0.2) is 0 Å². The molecule has 13 heavy (non-hydrogen) atoms. The van der Waals surface area contributed by atoms with E-state index in [1.807, 2.05) is 0 Å². The van der Waals surface area contributed by atoms with E-state index in [-0.39, 0.29) is 0 Å². The molecule has 1 rings (SSSR count). The molecular weight excluding hydrogens is 175 g/mol. The van der Waals surface area contributed by atoms with Crippen LogP contribution in [0.1, 0.15) is 33.6 Å². The predicted molar refractivity (Wildman–Crippen MR) is 65.3 cm³/mol. The minimum absolute atomic E-state index is 0.533. The van der Waals surface area contributed by atoms with E-state index in [0.717, 1.165) is 11.6 Å². The Hall–Kier alpha value is 0.170. The Kier molecular flexibility index (Phi) is 3.98. The molecule has 1 heteroatoms. The Morgan fingerprint density at radius 1 is 1.54 bits per heavy atom. The van der Waals surface area contributed by atoms with Crippen molar-refractivity contribution >= 4 is 7.26 Å². The van der Waals surface area contributed by atoms with Gasteiger partial charge in [0.2, 0.25) is 0 Å². The first-order chi connectivity index (χ1) is 6.14. The van der Waals surface area contributed by atoms with Crippen LogP contribution in [-0.4, -0.2) is 24.1 Å². The van der Waals surface area contributed by atoms with Gasteiger partial charge in [-0.2, -0.15) is 0 Å². The predicted octanol–water partition coefficient (Wildman–Crippen LogP) is 4.03. The summed E-state index contributed by atoms with van der Waals surface area (Å²) >= 11 is 0. The molecule has 2 unspecified atom stereocenters. The Bertz CT molecular complexity index is 174. The number of allylic oxidation sites excluding steroid dienone is 1. The van der Waals surface area contributed by atoms with Crippen LogP contribution in [0.25, 0.3) is 0 Å². The van der Waals surface area contributed by atoms with Crippen LogP contribution in [-0.2, 0) is 0 Å². The van der Waals surface area contributed by atoms with E-state index in [0.29, 0.717) is 0 Å². The molecule has 1 saturated heterocycles. The smallest absolute Gasteiger partial charge is 0.0641 e. The van der Waals surface area contributed by atoms with E-state index in [2.05, 4.69) is 33.4 Å². The summed E-state index contributed by atoms with van der Waals surface area (Å²) in [7, 11) is -0.533. The molecule has 0 saturated carbocycles. The lowest BCUT2D eigenvalue weighted by atomic mass is 10.1. The normalized spacial score (nSPS) is 34.0. The topological polar surface area (TPSA) is 0 Å². The summed E-state index contributed by atoms with van der Waals surface area (Å²) in [6, 6.07) is 0. The monoisotopic (exact) mass is 199 g/mol. The van der Waals surface area contributed by atoms with Crippen molar-refractivity contribution in [1.82, 2.24) is 0 Å². The minimum atomic E-state index is -0.533. The molecule has 1 aliphatic heterocycles. The van der Waals surface area contributed by atoms with Gasteiger partial charge < -0.3 is 0 Å². The van der Waals surface area contributed by atoms with Crippen LogP contribution in [0.3, 0.4) is 0 Å². The van der Waals surface area contributed by atoms with E-state index in [1.54, 1.807) is 12.3 Å². The summed E-state index contributed by atoms with van der Waals surface area (Å²) in [5.74, 6) is 0.980. The van der Waals surface area contributed by atoms with Crippen LogP contribution < -0.4 is 0 Å². The van der Waals surface area contributed by atoms with Gasteiger partial charge in [0.05, 0.1) is 24.1 Å². The maximum absolute atomic E-state index is 3.85. The average Bonchev–Trinajstić information content (AvgIpc) is 2.50. The second kappa shape index (κ2) is 4.60. The van der Waals surface area contributed by atoms with E-state index in [4.69, 9.17) is 0 Å². The molecule has 0 spiro atoms. The van der Waals surface area contributed by atoms with Gasteiger partial charge in [0.25, 0.3) is 0 Å². The zero-order valence-corrected chi connectivity index (χ0v) is 10.3. The first-order valence-electron chi connectivity index (χ1n) is 5.61. The third kappa shape index (κ3) is 2.34. The van der Waals surface area contributed by atoms with Crippen molar-refractivity contribution in [3.63, 3.8) is 0 Å². The third-order valence-corrected chi connectivity index (χ3v) is 9.67. The summed E-state index contributed by atoms with van der Waals surface area (Å²) in [6.07, 6.45) is 9.42. The van der Waals surface area contributed by atoms with Crippen LogP contribution in [0.2, 0.25) is 0 Å². The van der Waals surface area contributed by atoms with Crippen molar-refractivity contribution < 1.29 is 0 Å². The zero-order chi connectivity index (χ0) is 9.90. The highest BCUT2D eigenvalue weighted by atomic mass is 31.2. The minimum Gasteiger partial charge on any atom is -0.103 e. The zero-order valence-electron chi connectivity index (χ0n) is 9.42. The first kappa shape index (κ1) is 11.2. The second-order valence-corrected chi connectivity index (χ2v) is 9.63. The van der Waals surface area contributed by atoms with Crippen molar-refractivity contribution in [1.29, 1.82) is 0 Å². The SMILES string of the molecule is C=CCC1CC[P+](CC)(C(C)C)C1. The second-order valence-electron chi connectivity index (χ2n) is 4.71.